The van der Waals surface area contributed by atoms with Gasteiger partial charge in [-0.15, -0.1) is 0 Å². The van der Waals surface area contributed by atoms with Gasteiger partial charge in [0.25, 0.3) is 5.91 Å². The number of rotatable bonds is 6. The fraction of sp³-hybridized carbons (Fsp3) is 0.240. The fourth-order valence-corrected chi connectivity index (χ4v) is 3.64. The summed E-state index contributed by atoms with van der Waals surface area (Å²) in [5.41, 5.74) is 0.872. The molecule has 1 aromatic heterocycles. The Morgan fingerprint density at radius 3 is 2.53 bits per heavy atom. The Kier molecular flexibility index (Phi) is 6.65. The summed E-state index contributed by atoms with van der Waals surface area (Å²) >= 11 is 0. The van der Waals surface area contributed by atoms with Crippen LogP contribution in [0.2, 0.25) is 0 Å². The lowest BCUT2D eigenvalue weighted by molar-refractivity contribution is -0.148. The lowest BCUT2D eigenvalue weighted by Crippen LogP contribution is -2.50. The van der Waals surface area contributed by atoms with Gasteiger partial charge in [-0.25, -0.2) is 9.78 Å². The van der Waals surface area contributed by atoms with Crippen molar-refractivity contribution >= 4 is 34.5 Å². The largest absolute Gasteiger partial charge is 0.497 e. The van der Waals surface area contributed by atoms with Gasteiger partial charge in [0.05, 0.1) is 7.11 Å². The lowest BCUT2D eigenvalue weighted by atomic mass is 10.1. The minimum atomic E-state index is -0.541. The summed E-state index contributed by atoms with van der Waals surface area (Å²) < 4.78 is 10.4. The van der Waals surface area contributed by atoms with Gasteiger partial charge in [-0.3, -0.25) is 4.79 Å². The number of amides is 1. The molecule has 1 fully saturated rings. The molecule has 7 heteroatoms. The Hall–Kier alpha value is -3.87. The molecule has 0 spiro atoms. The highest BCUT2D eigenvalue weighted by molar-refractivity contribution is 5.91. The van der Waals surface area contributed by atoms with Crippen molar-refractivity contribution < 1.29 is 19.1 Å². The van der Waals surface area contributed by atoms with Crippen LogP contribution in [0.5, 0.6) is 5.75 Å². The van der Waals surface area contributed by atoms with E-state index in [0.717, 1.165) is 27.9 Å². The third kappa shape index (κ3) is 5.24. The molecular formula is C25H25N3O4. The Labute approximate surface area is 186 Å². The number of piperazine rings is 1. The van der Waals surface area contributed by atoms with Crippen molar-refractivity contribution in [2.24, 2.45) is 0 Å². The first-order valence-electron chi connectivity index (χ1n) is 10.5. The van der Waals surface area contributed by atoms with Crippen LogP contribution >= 0.6 is 0 Å². The molecule has 2 aromatic carbocycles. The summed E-state index contributed by atoms with van der Waals surface area (Å²) in [7, 11) is 1.64. The normalized spacial score (nSPS) is 14.0. The molecule has 0 unspecified atom stereocenters. The molecule has 1 amide bonds. The minimum Gasteiger partial charge on any atom is -0.497 e. The molecule has 0 radical (unpaired) electrons. The van der Waals surface area contributed by atoms with E-state index in [1.165, 1.54) is 6.08 Å². The topological polar surface area (TPSA) is 72.0 Å². The number of nitrogens with zero attached hydrogens (tertiary/aromatic N) is 3. The van der Waals surface area contributed by atoms with Crippen molar-refractivity contribution in [2.45, 2.75) is 0 Å². The first-order valence-corrected chi connectivity index (χ1v) is 10.5. The standard InChI is InChI=1S/C25H25N3O4/c1-31-22-9-8-20-16-19(5-7-21(20)17-22)6-10-25(30)32-18-24(29)28-14-12-27(13-15-28)23-4-2-3-11-26-23/h2-11,16-17H,12-15,18H2,1H3. The predicted octanol–water partition coefficient (Wildman–Crippen LogP) is 3.15. The number of benzene rings is 2. The van der Waals surface area contributed by atoms with Crippen LogP contribution in [0, 0.1) is 0 Å². The van der Waals surface area contributed by atoms with E-state index < -0.39 is 5.97 Å². The molecule has 0 bridgehead atoms. The monoisotopic (exact) mass is 431 g/mol. The number of hydrogen-bond donors (Lipinski definition) is 0. The molecule has 1 aliphatic rings. The molecule has 0 saturated carbocycles. The number of aromatic nitrogens is 1. The van der Waals surface area contributed by atoms with Crippen LogP contribution < -0.4 is 9.64 Å². The van der Waals surface area contributed by atoms with Crippen molar-refractivity contribution in [3.8, 4) is 5.75 Å². The highest BCUT2D eigenvalue weighted by Crippen LogP contribution is 2.22. The summed E-state index contributed by atoms with van der Waals surface area (Å²) in [6.07, 6.45) is 4.79. The first-order chi connectivity index (χ1) is 15.6. The molecule has 7 nitrogen and oxygen atoms in total. The van der Waals surface area contributed by atoms with E-state index in [-0.39, 0.29) is 12.5 Å². The summed E-state index contributed by atoms with van der Waals surface area (Å²) in [6, 6.07) is 17.5. The number of pyridine rings is 1. The molecule has 32 heavy (non-hydrogen) atoms. The number of carbonyl (C=O) groups excluding carboxylic acids is 2. The summed E-state index contributed by atoms with van der Waals surface area (Å²) in [5, 5.41) is 2.10. The van der Waals surface area contributed by atoms with Crippen LogP contribution in [-0.2, 0) is 14.3 Å². The summed E-state index contributed by atoms with van der Waals surface area (Å²) in [4.78, 5) is 32.7. The first kappa shape index (κ1) is 21.4. The van der Waals surface area contributed by atoms with Crippen LogP contribution in [0.1, 0.15) is 5.56 Å². The van der Waals surface area contributed by atoms with Gasteiger partial charge < -0.3 is 19.3 Å². The number of hydrogen-bond acceptors (Lipinski definition) is 6. The molecule has 1 saturated heterocycles. The van der Waals surface area contributed by atoms with Crippen molar-refractivity contribution in [2.75, 3.05) is 44.8 Å². The van der Waals surface area contributed by atoms with Crippen molar-refractivity contribution in [3.05, 3.63) is 72.4 Å². The quantitative estimate of drug-likeness (QED) is 0.441. The SMILES string of the molecule is COc1ccc2cc(C=CC(=O)OCC(=O)N3CCN(c4ccccn4)CC3)ccc2c1. The average Bonchev–Trinajstić information content (AvgIpc) is 2.86. The molecule has 0 aliphatic carbocycles. The van der Waals surface area contributed by atoms with Gasteiger partial charge in [-0.2, -0.15) is 0 Å². The number of carbonyl (C=O) groups is 2. The average molecular weight is 431 g/mol. The zero-order chi connectivity index (χ0) is 22.3. The van der Waals surface area contributed by atoms with Crippen LogP contribution in [-0.4, -0.2) is 61.7 Å². The highest BCUT2D eigenvalue weighted by Gasteiger charge is 2.22. The highest BCUT2D eigenvalue weighted by atomic mass is 16.5. The molecular weight excluding hydrogens is 406 g/mol. The van der Waals surface area contributed by atoms with Crippen LogP contribution in [0.3, 0.4) is 0 Å². The molecule has 1 aliphatic heterocycles. The molecule has 164 valence electrons. The Bertz CT molecular complexity index is 1120. The van der Waals surface area contributed by atoms with Crippen molar-refractivity contribution in [3.63, 3.8) is 0 Å². The minimum absolute atomic E-state index is 0.188. The predicted molar refractivity (Wildman–Crippen MR) is 124 cm³/mol. The number of fused-ring (bicyclic) bond motifs is 1. The van der Waals surface area contributed by atoms with Gasteiger partial charge in [-0.05, 0) is 52.7 Å². The van der Waals surface area contributed by atoms with Gasteiger partial charge in [0.1, 0.15) is 11.6 Å². The molecule has 2 heterocycles. The second-order valence-electron chi connectivity index (χ2n) is 7.47. The van der Waals surface area contributed by atoms with E-state index in [1.54, 1.807) is 24.3 Å². The Balaban J connectivity index is 1.25. The number of esters is 1. The van der Waals surface area contributed by atoms with E-state index in [4.69, 9.17) is 9.47 Å². The number of anilines is 1. The zero-order valence-corrected chi connectivity index (χ0v) is 17.9. The number of ether oxygens (including phenoxy) is 2. The number of methoxy groups -OCH3 is 1. The van der Waals surface area contributed by atoms with Crippen LogP contribution in [0.15, 0.2) is 66.9 Å². The molecule has 0 atom stereocenters. The van der Waals surface area contributed by atoms with Crippen LogP contribution in [0.4, 0.5) is 5.82 Å². The van der Waals surface area contributed by atoms with E-state index in [0.29, 0.717) is 26.2 Å². The third-order valence-electron chi connectivity index (χ3n) is 5.43. The second-order valence-corrected chi connectivity index (χ2v) is 7.47. The van der Waals surface area contributed by atoms with Crippen molar-refractivity contribution in [1.82, 2.24) is 9.88 Å². The van der Waals surface area contributed by atoms with E-state index in [9.17, 15) is 9.59 Å². The Morgan fingerprint density at radius 2 is 1.78 bits per heavy atom. The summed E-state index contributed by atoms with van der Waals surface area (Å²) in [5.74, 6) is 0.976. The van der Waals surface area contributed by atoms with Gasteiger partial charge in [0.15, 0.2) is 6.61 Å². The maximum atomic E-state index is 12.4. The van der Waals surface area contributed by atoms with Gasteiger partial charge in [0, 0.05) is 38.5 Å². The maximum absolute atomic E-state index is 12.4. The van der Waals surface area contributed by atoms with E-state index in [2.05, 4.69) is 9.88 Å². The second kappa shape index (κ2) is 9.96. The smallest absolute Gasteiger partial charge is 0.331 e. The van der Waals surface area contributed by atoms with Gasteiger partial charge in [-0.1, -0.05) is 24.3 Å². The third-order valence-corrected chi connectivity index (χ3v) is 5.43. The van der Waals surface area contributed by atoms with Crippen LogP contribution in [0.25, 0.3) is 16.8 Å². The lowest BCUT2D eigenvalue weighted by Gasteiger charge is -2.35. The molecule has 3 aromatic rings. The maximum Gasteiger partial charge on any atom is 0.331 e. The Morgan fingerprint density at radius 1 is 1.00 bits per heavy atom. The zero-order valence-electron chi connectivity index (χ0n) is 17.9. The summed E-state index contributed by atoms with van der Waals surface area (Å²) in [6.45, 7) is 2.29. The van der Waals surface area contributed by atoms with E-state index in [1.807, 2.05) is 54.6 Å². The van der Waals surface area contributed by atoms with Crippen molar-refractivity contribution in [1.29, 1.82) is 0 Å². The van der Waals surface area contributed by atoms with Gasteiger partial charge >= 0.3 is 5.97 Å². The molecule has 4 rings (SSSR count). The van der Waals surface area contributed by atoms with Gasteiger partial charge in [0.2, 0.25) is 0 Å². The molecule has 0 N–H and O–H groups in total. The fourth-order valence-electron chi connectivity index (χ4n) is 3.64. The van der Waals surface area contributed by atoms with E-state index >= 15 is 0 Å².